The van der Waals surface area contributed by atoms with E-state index in [-0.39, 0.29) is 5.91 Å². The lowest BCUT2D eigenvalue weighted by atomic mass is 9.71. The van der Waals surface area contributed by atoms with Crippen LogP contribution in [-0.2, 0) is 19.7 Å². The van der Waals surface area contributed by atoms with Crippen LogP contribution in [0, 0.1) is 6.92 Å². The van der Waals surface area contributed by atoms with Gasteiger partial charge in [0.15, 0.2) is 0 Å². The lowest BCUT2D eigenvalue weighted by Crippen LogP contribution is -2.53. The smallest absolute Gasteiger partial charge is 0.326 e. The zero-order chi connectivity index (χ0) is 17.6. The van der Waals surface area contributed by atoms with Crippen LogP contribution in [0.5, 0.6) is 0 Å². The van der Waals surface area contributed by atoms with Gasteiger partial charge in [0.25, 0.3) is 0 Å². The molecule has 5 nitrogen and oxygen atoms in total. The molecule has 1 heterocycles. The predicted octanol–water partition coefficient (Wildman–Crippen LogP) is 2.80. The van der Waals surface area contributed by atoms with Crippen molar-refractivity contribution in [3.63, 3.8) is 0 Å². The van der Waals surface area contributed by atoms with Crippen molar-refractivity contribution in [2.24, 2.45) is 0 Å². The van der Waals surface area contributed by atoms with E-state index in [0.717, 1.165) is 24.0 Å². The molecule has 24 heavy (non-hydrogen) atoms. The van der Waals surface area contributed by atoms with Crippen LogP contribution < -0.4 is 5.32 Å². The summed E-state index contributed by atoms with van der Waals surface area (Å²) in [5.41, 5.74) is 1.32. The van der Waals surface area contributed by atoms with E-state index >= 15 is 0 Å². The largest absolute Gasteiger partial charge is 0.480 e. The number of carbonyl (C=O) groups is 2. The Morgan fingerprint density at radius 3 is 2.54 bits per heavy atom. The zero-order valence-electron chi connectivity index (χ0n) is 14.5. The van der Waals surface area contributed by atoms with Crippen molar-refractivity contribution in [3.8, 4) is 0 Å². The summed E-state index contributed by atoms with van der Waals surface area (Å²) in [6.07, 6.45) is 3.28. The Kier molecular flexibility index (Phi) is 6.37. The molecule has 0 aliphatic carbocycles. The number of nitrogens with one attached hydrogen (secondary N) is 1. The molecule has 0 saturated carbocycles. The Balaban J connectivity index is 2.29. The molecule has 0 aromatic heterocycles. The standard InChI is InChI=1S/C19H27NO4/c1-3-4-9-16(17(21)22)20-18(23)19(10-12-24-13-11-19)15-8-6-5-7-14(15)2/h5-8,16H,3-4,9-13H2,1-2H3,(H,20,23)(H,21,22). The summed E-state index contributed by atoms with van der Waals surface area (Å²) in [6, 6.07) is 7.01. The number of aryl methyl sites for hydroxylation is 1. The van der Waals surface area contributed by atoms with Gasteiger partial charge in [0.1, 0.15) is 6.04 Å². The number of ether oxygens (including phenoxy) is 1. The van der Waals surface area contributed by atoms with Crippen molar-refractivity contribution in [1.29, 1.82) is 0 Å². The van der Waals surface area contributed by atoms with Gasteiger partial charge in [-0.05, 0) is 37.3 Å². The molecular weight excluding hydrogens is 306 g/mol. The van der Waals surface area contributed by atoms with Crippen molar-refractivity contribution < 1.29 is 19.4 Å². The van der Waals surface area contributed by atoms with Gasteiger partial charge < -0.3 is 15.2 Å². The van der Waals surface area contributed by atoms with Gasteiger partial charge in [-0.15, -0.1) is 0 Å². The molecule has 1 amide bonds. The Hall–Kier alpha value is -1.88. The van der Waals surface area contributed by atoms with Crippen LogP contribution >= 0.6 is 0 Å². The van der Waals surface area contributed by atoms with Crippen LogP contribution in [0.2, 0.25) is 0 Å². The van der Waals surface area contributed by atoms with Crippen LogP contribution in [0.1, 0.15) is 50.2 Å². The number of carboxylic acids is 1. The van der Waals surface area contributed by atoms with E-state index in [9.17, 15) is 14.7 Å². The molecule has 1 aromatic carbocycles. The third-order valence-corrected chi connectivity index (χ3v) is 4.89. The van der Waals surface area contributed by atoms with Crippen molar-refractivity contribution in [2.75, 3.05) is 13.2 Å². The number of amides is 1. The Morgan fingerprint density at radius 1 is 1.29 bits per heavy atom. The van der Waals surface area contributed by atoms with Gasteiger partial charge in [-0.2, -0.15) is 0 Å². The average molecular weight is 333 g/mol. The number of carboxylic acid groups (broad SMARTS) is 1. The summed E-state index contributed by atoms with van der Waals surface area (Å²) in [6.45, 7) is 5.02. The number of unbranched alkanes of at least 4 members (excludes halogenated alkanes) is 1. The van der Waals surface area contributed by atoms with Gasteiger partial charge >= 0.3 is 5.97 Å². The van der Waals surface area contributed by atoms with Crippen LogP contribution in [0.25, 0.3) is 0 Å². The molecular formula is C19H27NO4. The van der Waals surface area contributed by atoms with E-state index < -0.39 is 17.4 Å². The molecule has 1 fully saturated rings. The van der Waals surface area contributed by atoms with Crippen molar-refractivity contribution in [1.82, 2.24) is 5.32 Å². The SMILES string of the molecule is CCCCC(NC(=O)C1(c2ccccc2C)CCOCC1)C(=O)O. The molecule has 1 aromatic rings. The molecule has 132 valence electrons. The minimum Gasteiger partial charge on any atom is -0.480 e. The molecule has 0 radical (unpaired) electrons. The summed E-state index contributed by atoms with van der Waals surface area (Å²) >= 11 is 0. The fraction of sp³-hybridized carbons (Fsp3) is 0.579. The monoisotopic (exact) mass is 333 g/mol. The number of hydrogen-bond acceptors (Lipinski definition) is 3. The van der Waals surface area contributed by atoms with Crippen LogP contribution in [-0.4, -0.2) is 36.2 Å². The summed E-state index contributed by atoms with van der Waals surface area (Å²) in [7, 11) is 0. The fourth-order valence-corrected chi connectivity index (χ4v) is 3.41. The quantitative estimate of drug-likeness (QED) is 0.804. The molecule has 1 atom stereocenters. The van der Waals surface area contributed by atoms with Gasteiger partial charge in [-0.25, -0.2) is 4.79 Å². The summed E-state index contributed by atoms with van der Waals surface area (Å²) < 4.78 is 5.46. The number of benzene rings is 1. The van der Waals surface area contributed by atoms with Crippen molar-refractivity contribution in [2.45, 2.75) is 57.4 Å². The fourth-order valence-electron chi connectivity index (χ4n) is 3.41. The minimum absolute atomic E-state index is 0.191. The lowest BCUT2D eigenvalue weighted by molar-refractivity contribution is -0.144. The maximum atomic E-state index is 13.1. The molecule has 0 bridgehead atoms. The second kappa shape index (κ2) is 8.29. The first-order valence-corrected chi connectivity index (χ1v) is 8.69. The Labute approximate surface area is 143 Å². The van der Waals surface area contributed by atoms with Crippen LogP contribution in [0.3, 0.4) is 0 Å². The second-order valence-electron chi connectivity index (χ2n) is 6.52. The first-order chi connectivity index (χ1) is 11.5. The highest BCUT2D eigenvalue weighted by Gasteiger charge is 2.43. The molecule has 1 saturated heterocycles. The average Bonchev–Trinajstić information content (AvgIpc) is 2.59. The van der Waals surface area contributed by atoms with Gasteiger partial charge in [0, 0.05) is 13.2 Å². The maximum Gasteiger partial charge on any atom is 0.326 e. The van der Waals surface area contributed by atoms with E-state index in [1.54, 1.807) is 0 Å². The van der Waals surface area contributed by atoms with Crippen molar-refractivity contribution >= 4 is 11.9 Å². The van der Waals surface area contributed by atoms with E-state index in [4.69, 9.17) is 4.74 Å². The molecule has 1 aliphatic heterocycles. The van der Waals surface area contributed by atoms with Crippen molar-refractivity contribution in [3.05, 3.63) is 35.4 Å². The third-order valence-electron chi connectivity index (χ3n) is 4.89. The molecule has 1 aliphatic rings. The molecule has 1 unspecified atom stereocenters. The highest BCUT2D eigenvalue weighted by Crippen LogP contribution is 2.37. The number of aliphatic carboxylic acids is 1. The van der Waals surface area contributed by atoms with Gasteiger partial charge in [0.05, 0.1) is 5.41 Å². The number of hydrogen-bond donors (Lipinski definition) is 2. The number of rotatable bonds is 7. The van der Waals surface area contributed by atoms with Gasteiger partial charge in [0.2, 0.25) is 5.91 Å². The van der Waals surface area contributed by atoms with Crippen LogP contribution in [0.15, 0.2) is 24.3 Å². The molecule has 2 N–H and O–H groups in total. The summed E-state index contributed by atoms with van der Waals surface area (Å²) in [5.74, 6) is -1.16. The number of carbonyl (C=O) groups excluding carboxylic acids is 1. The lowest BCUT2D eigenvalue weighted by Gasteiger charge is -2.38. The minimum atomic E-state index is -0.969. The second-order valence-corrected chi connectivity index (χ2v) is 6.52. The molecule has 2 rings (SSSR count). The topological polar surface area (TPSA) is 75.6 Å². The predicted molar refractivity (Wildman–Crippen MR) is 92.0 cm³/mol. The van der Waals surface area contributed by atoms with Gasteiger partial charge in [-0.1, -0.05) is 44.0 Å². The van der Waals surface area contributed by atoms with E-state index in [0.29, 0.717) is 32.5 Å². The summed E-state index contributed by atoms with van der Waals surface area (Å²) in [4.78, 5) is 24.6. The Bertz CT molecular complexity index is 578. The van der Waals surface area contributed by atoms with Gasteiger partial charge in [-0.3, -0.25) is 4.79 Å². The highest BCUT2D eigenvalue weighted by atomic mass is 16.5. The first-order valence-electron chi connectivity index (χ1n) is 8.69. The highest BCUT2D eigenvalue weighted by molar-refractivity contribution is 5.92. The van der Waals surface area contributed by atoms with Crippen LogP contribution in [0.4, 0.5) is 0 Å². The Morgan fingerprint density at radius 2 is 1.96 bits per heavy atom. The maximum absolute atomic E-state index is 13.1. The van der Waals surface area contributed by atoms with E-state index in [2.05, 4.69) is 5.32 Å². The summed E-state index contributed by atoms with van der Waals surface area (Å²) in [5, 5.41) is 12.2. The molecule has 0 spiro atoms. The third kappa shape index (κ3) is 3.96. The normalized spacial score (nSPS) is 17.9. The molecule has 5 heteroatoms. The van der Waals surface area contributed by atoms with E-state index in [1.165, 1.54) is 0 Å². The zero-order valence-corrected chi connectivity index (χ0v) is 14.5. The first kappa shape index (κ1) is 18.5. The van der Waals surface area contributed by atoms with E-state index in [1.807, 2.05) is 38.1 Å².